The average molecular weight is 162 g/mol. The molecular weight excluding hydrogens is 148 g/mol. The van der Waals surface area contributed by atoms with Gasteiger partial charge in [-0.2, -0.15) is 0 Å². The topological polar surface area (TPSA) is 24.9 Å². The molecule has 0 saturated carbocycles. The molecule has 1 heterocycles. The molecule has 2 heteroatoms. The van der Waals surface area contributed by atoms with Crippen molar-refractivity contribution in [2.24, 2.45) is 0 Å². The number of nitrogens with one attached hydrogen (secondary N) is 1. The Labute approximate surface area is 73.3 Å². The Hall–Kier alpha value is -1.15. The van der Waals surface area contributed by atoms with Crippen LogP contribution in [0.4, 0.5) is 0 Å². The molecule has 0 spiro atoms. The summed E-state index contributed by atoms with van der Waals surface area (Å²) in [7, 11) is 1.95. The number of likely N-dealkylation sites (N-methyl/N-ethyl adjacent to an activating group) is 1. The van der Waals surface area contributed by atoms with Crippen molar-refractivity contribution in [3.8, 4) is 0 Å². The van der Waals surface area contributed by atoms with E-state index in [2.05, 4.69) is 23.3 Å². The fourth-order valence-electron chi connectivity index (χ4n) is 1.08. The fourth-order valence-corrected chi connectivity index (χ4v) is 1.08. The summed E-state index contributed by atoms with van der Waals surface area (Å²) in [5.41, 5.74) is 2.47. The van der Waals surface area contributed by atoms with Gasteiger partial charge in [-0.3, -0.25) is 4.98 Å². The summed E-state index contributed by atoms with van der Waals surface area (Å²) >= 11 is 0. The van der Waals surface area contributed by atoms with E-state index in [0.717, 1.165) is 12.1 Å². The molecule has 0 radical (unpaired) electrons. The van der Waals surface area contributed by atoms with E-state index < -0.39 is 0 Å². The largest absolute Gasteiger partial charge is 0.316 e. The van der Waals surface area contributed by atoms with Crippen LogP contribution in [0.15, 0.2) is 30.1 Å². The van der Waals surface area contributed by atoms with Gasteiger partial charge in [-0.15, -0.1) is 0 Å². The lowest BCUT2D eigenvalue weighted by Gasteiger charge is -1.98. The van der Waals surface area contributed by atoms with Crippen molar-refractivity contribution in [2.75, 3.05) is 13.6 Å². The van der Waals surface area contributed by atoms with Crippen LogP contribution in [-0.4, -0.2) is 18.6 Å². The molecule has 1 aromatic rings. The lowest BCUT2D eigenvalue weighted by Crippen LogP contribution is -2.08. The summed E-state index contributed by atoms with van der Waals surface area (Å²) in [4.78, 5) is 4.03. The van der Waals surface area contributed by atoms with Crippen LogP contribution in [0.5, 0.6) is 0 Å². The predicted octanol–water partition coefficient (Wildman–Crippen LogP) is 1.70. The second-order valence-electron chi connectivity index (χ2n) is 2.81. The van der Waals surface area contributed by atoms with Gasteiger partial charge in [-0.1, -0.05) is 17.7 Å². The Morgan fingerprint density at radius 2 is 2.50 bits per heavy atom. The maximum Gasteiger partial charge on any atom is 0.0340 e. The quantitative estimate of drug-likeness (QED) is 0.731. The van der Waals surface area contributed by atoms with E-state index in [1.807, 2.05) is 25.4 Å². The van der Waals surface area contributed by atoms with Crippen molar-refractivity contribution in [1.82, 2.24) is 10.3 Å². The highest BCUT2D eigenvalue weighted by Gasteiger charge is 1.88. The lowest BCUT2D eigenvalue weighted by atomic mass is 10.2. The Morgan fingerprint density at radius 3 is 3.08 bits per heavy atom. The first kappa shape index (κ1) is 8.94. The molecule has 0 aromatic carbocycles. The molecule has 12 heavy (non-hydrogen) atoms. The second kappa shape index (κ2) is 4.67. The van der Waals surface area contributed by atoms with Crippen LogP contribution in [0.25, 0.3) is 6.08 Å². The van der Waals surface area contributed by atoms with Crippen LogP contribution < -0.4 is 5.32 Å². The number of pyridine rings is 1. The van der Waals surface area contributed by atoms with E-state index >= 15 is 0 Å². The Kier molecular flexibility index (Phi) is 3.48. The van der Waals surface area contributed by atoms with Crippen LogP contribution in [0.3, 0.4) is 0 Å². The number of aromatic nitrogens is 1. The molecule has 1 aromatic heterocycles. The van der Waals surface area contributed by atoms with E-state index in [1.54, 1.807) is 6.20 Å². The molecule has 1 N–H and O–H groups in total. The highest BCUT2D eigenvalue weighted by Crippen LogP contribution is 2.02. The molecule has 0 saturated heterocycles. The Bertz CT molecular complexity index is 252. The third-order valence-electron chi connectivity index (χ3n) is 1.55. The van der Waals surface area contributed by atoms with Crippen molar-refractivity contribution >= 4 is 6.08 Å². The number of hydrogen-bond donors (Lipinski definition) is 1. The SMILES string of the molecule is CNCC(C)=Cc1cccnc1. The molecule has 0 aliphatic rings. The van der Waals surface area contributed by atoms with Gasteiger partial charge < -0.3 is 5.32 Å². The maximum atomic E-state index is 4.03. The minimum Gasteiger partial charge on any atom is -0.316 e. The number of nitrogens with zero attached hydrogens (tertiary/aromatic N) is 1. The van der Waals surface area contributed by atoms with Crippen molar-refractivity contribution in [1.29, 1.82) is 0 Å². The normalized spacial score (nSPS) is 11.7. The molecular formula is C10H14N2. The molecule has 0 atom stereocenters. The molecule has 64 valence electrons. The second-order valence-corrected chi connectivity index (χ2v) is 2.81. The van der Waals surface area contributed by atoms with Gasteiger partial charge in [0.2, 0.25) is 0 Å². The Morgan fingerprint density at radius 1 is 1.67 bits per heavy atom. The first-order chi connectivity index (χ1) is 5.83. The smallest absolute Gasteiger partial charge is 0.0340 e. The van der Waals surface area contributed by atoms with E-state index in [9.17, 15) is 0 Å². The van der Waals surface area contributed by atoms with Gasteiger partial charge in [0.05, 0.1) is 0 Å². The minimum atomic E-state index is 0.925. The number of rotatable bonds is 3. The zero-order valence-corrected chi connectivity index (χ0v) is 7.54. The van der Waals surface area contributed by atoms with Gasteiger partial charge in [-0.25, -0.2) is 0 Å². The molecule has 0 aliphatic heterocycles. The minimum absolute atomic E-state index is 0.925. The summed E-state index contributed by atoms with van der Waals surface area (Å²) in [6, 6.07) is 3.99. The lowest BCUT2D eigenvalue weighted by molar-refractivity contribution is 0.884. The van der Waals surface area contributed by atoms with Crippen molar-refractivity contribution in [3.05, 3.63) is 35.7 Å². The molecule has 0 unspecified atom stereocenters. The van der Waals surface area contributed by atoms with E-state index in [1.165, 1.54) is 5.57 Å². The van der Waals surface area contributed by atoms with Gasteiger partial charge in [0.15, 0.2) is 0 Å². The van der Waals surface area contributed by atoms with Gasteiger partial charge in [0.25, 0.3) is 0 Å². The van der Waals surface area contributed by atoms with Crippen LogP contribution in [-0.2, 0) is 0 Å². The number of hydrogen-bond acceptors (Lipinski definition) is 2. The van der Waals surface area contributed by atoms with E-state index in [4.69, 9.17) is 0 Å². The van der Waals surface area contributed by atoms with Gasteiger partial charge in [0, 0.05) is 18.9 Å². The zero-order chi connectivity index (χ0) is 8.81. The van der Waals surface area contributed by atoms with E-state index in [-0.39, 0.29) is 0 Å². The summed E-state index contributed by atoms with van der Waals surface area (Å²) in [5.74, 6) is 0. The van der Waals surface area contributed by atoms with Crippen LogP contribution in [0.2, 0.25) is 0 Å². The molecule has 1 rings (SSSR count). The zero-order valence-electron chi connectivity index (χ0n) is 7.54. The summed E-state index contributed by atoms with van der Waals surface area (Å²) < 4.78 is 0. The summed E-state index contributed by atoms with van der Waals surface area (Å²) in [6.45, 7) is 3.03. The first-order valence-electron chi connectivity index (χ1n) is 4.04. The van der Waals surface area contributed by atoms with Crippen molar-refractivity contribution in [2.45, 2.75) is 6.92 Å². The van der Waals surface area contributed by atoms with Crippen molar-refractivity contribution < 1.29 is 0 Å². The third kappa shape index (κ3) is 2.84. The Balaban J connectivity index is 2.67. The highest BCUT2D eigenvalue weighted by molar-refractivity contribution is 5.51. The molecule has 0 amide bonds. The van der Waals surface area contributed by atoms with Crippen LogP contribution in [0, 0.1) is 0 Å². The van der Waals surface area contributed by atoms with Gasteiger partial charge in [-0.05, 0) is 25.6 Å². The predicted molar refractivity (Wildman–Crippen MR) is 51.8 cm³/mol. The monoisotopic (exact) mass is 162 g/mol. The average Bonchev–Trinajstić information content (AvgIpc) is 2.06. The maximum absolute atomic E-state index is 4.03. The highest BCUT2D eigenvalue weighted by atomic mass is 14.8. The van der Waals surface area contributed by atoms with Crippen molar-refractivity contribution in [3.63, 3.8) is 0 Å². The standard InChI is InChI=1S/C10H14N2/c1-9(7-11-2)6-10-4-3-5-12-8-10/h3-6,8,11H,7H2,1-2H3. The first-order valence-corrected chi connectivity index (χ1v) is 4.04. The van der Waals surface area contributed by atoms with Gasteiger partial charge in [0.1, 0.15) is 0 Å². The van der Waals surface area contributed by atoms with Gasteiger partial charge >= 0.3 is 0 Å². The molecule has 0 bridgehead atoms. The van der Waals surface area contributed by atoms with E-state index in [0.29, 0.717) is 0 Å². The van der Waals surface area contributed by atoms with Crippen LogP contribution >= 0.6 is 0 Å². The fraction of sp³-hybridized carbons (Fsp3) is 0.300. The molecule has 0 aliphatic carbocycles. The summed E-state index contributed by atoms with van der Waals surface area (Å²) in [5, 5.41) is 3.10. The molecule has 2 nitrogen and oxygen atoms in total. The van der Waals surface area contributed by atoms with Crippen LogP contribution in [0.1, 0.15) is 12.5 Å². The third-order valence-corrected chi connectivity index (χ3v) is 1.55. The molecule has 0 fully saturated rings. The summed E-state index contributed by atoms with van der Waals surface area (Å²) in [6.07, 6.45) is 5.77.